The molecule has 0 spiro atoms. The van der Waals surface area contributed by atoms with E-state index >= 15 is 0 Å². The van der Waals surface area contributed by atoms with Gasteiger partial charge in [-0.2, -0.15) is 0 Å². The molecule has 13 heteroatoms. The normalized spacial score (nSPS) is 18.5. The van der Waals surface area contributed by atoms with Gasteiger partial charge in [0.1, 0.15) is 17.7 Å². The second kappa shape index (κ2) is 17.8. The monoisotopic (exact) mass is 692 g/mol. The van der Waals surface area contributed by atoms with Crippen molar-refractivity contribution in [3.8, 4) is 0 Å². The zero-order valence-corrected chi connectivity index (χ0v) is 32.2. The van der Waals surface area contributed by atoms with Gasteiger partial charge in [-0.1, -0.05) is 74.8 Å². The van der Waals surface area contributed by atoms with Crippen LogP contribution >= 0.6 is 0 Å². The maximum Gasteiger partial charge on any atom is 0.410 e. The summed E-state index contributed by atoms with van der Waals surface area (Å²) in [6.45, 7) is 26.5. The van der Waals surface area contributed by atoms with Crippen LogP contribution in [0.2, 0.25) is 0 Å². The largest absolute Gasteiger partial charge is 0.444 e. The lowest BCUT2D eigenvalue weighted by Crippen LogP contribution is -2.62. The number of Topliss-reactive ketones (excluding diaryl/α,β-unsaturated/α-hetero) is 1. The molecule has 13 nitrogen and oxygen atoms in total. The van der Waals surface area contributed by atoms with Gasteiger partial charge < -0.3 is 35.8 Å². The number of amides is 6. The highest BCUT2D eigenvalue weighted by molar-refractivity contribution is 6.38. The maximum atomic E-state index is 14.4. The highest BCUT2D eigenvalue weighted by Gasteiger charge is 2.48. The minimum Gasteiger partial charge on any atom is -0.444 e. The molecule has 4 N–H and O–H groups in total. The molecule has 0 aromatic carbocycles. The van der Waals surface area contributed by atoms with Crippen molar-refractivity contribution in [3.05, 3.63) is 12.7 Å². The van der Waals surface area contributed by atoms with Crippen molar-refractivity contribution in [1.29, 1.82) is 0 Å². The Balaban J connectivity index is 3.31. The third kappa shape index (κ3) is 13.3. The summed E-state index contributed by atoms with van der Waals surface area (Å²) < 4.78 is 5.48. The lowest BCUT2D eigenvalue weighted by atomic mass is 9.84. The molecule has 6 amide bonds. The Morgan fingerprint density at radius 1 is 0.939 bits per heavy atom. The number of nitrogens with one attached hydrogen (secondary N) is 4. The molecule has 0 radical (unpaired) electrons. The number of likely N-dealkylation sites (tertiary alicyclic amines) is 1. The standard InChI is InChI=1S/C36H64N6O7/c1-15-17-24(27(43)30(45)37-19-16-2)38-29(44)26-23(22(3)4)18-20-42(26)31(46)28(35(8,9)10)40-32(47)39-25(34(5,6)7)21-41(14)33(48)49-36(11,12)13/h16,22-26,28H,2,15,17-21H2,1,3-14H3,(H,37,45)(H,38,44)(H2,39,40,47)/t23?,24?,25-,26+,28-/m1/s1. The van der Waals surface area contributed by atoms with Crippen molar-refractivity contribution in [3.63, 3.8) is 0 Å². The van der Waals surface area contributed by atoms with Crippen molar-refractivity contribution >= 4 is 35.6 Å². The number of rotatable bonds is 14. The van der Waals surface area contributed by atoms with E-state index in [1.165, 1.54) is 15.9 Å². The van der Waals surface area contributed by atoms with Crippen LogP contribution < -0.4 is 21.3 Å². The lowest BCUT2D eigenvalue weighted by Gasteiger charge is -2.38. The summed E-state index contributed by atoms with van der Waals surface area (Å²) in [5.74, 6) is -2.69. The minimum absolute atomic E-state index is 0.0311. The molecular formula is C36H64N6O7. The third-order valence-corrected chi connectivity index (χ3v) is 8.59. The van der Waals surface area contributed by atoms with Crippen LogP contribution in [-0.2, 0) is 23.9 Å². The number of urea groups is 1. The molecule has 280 valence electrons. The van der Waals surface area contributed by atoms with Crippen LogP contribution in [0.5, 0.6) is 0 Å². The third-order valence-electron chi connectivity index (χ3n) is 8.59. The first-order valence-electron chi connectivity index (χ1n) is 17.4. The number of nitrogens with zero attached hydrogens (tertiary/aromatic N) is 2. The van der Waals surface area contributed by atoms with Crippen LogP contribution in [-0.4, -0.2) is 102 Å². The van der Waals surface area contributed by atoms with E-state index in [-0.39, 0.29) is 37.9 Å². The first kappa shape index (κ1) is 43.4. The zero-order valence-electron chi connectivity index (χ0n) is 32.2. The molecule has 1 aliphatic heterocycles. The quantitative estimate of drug-likeness (QED) is 0.158. The van der Waals surface area contributed by atoms with Crippen molar-refractivity contribution in [2.75, 3.05) is 26.7 Å². The molecule has 1 fully saturated rings. The average molecular weight is 693 g/mol. The topological polar surface area (TPSA) is 166 Å². The number of likely N-dealkylation sites (N-methyl/N-ethyl adjacent to an activating group) is 1. The molecular weight excluding hydrogens is 628 g/mol. The molecule has 0 aromatic heterocycles. The SMILES string of the molecule is C=CCNC(=O)C(=O)C(CCC)NC(=O)[C@@H]1C(C(C)C)CCN1C(=O)[C@@H](NC(=O)N[C@H](CN(C)C(=O)OC(C)(C)C)C(C)(C)C)C(C)(C)C. The van der Waals surface area contributed by atoms with E-state index in [0.29, 0.717) is 12.8 Å². The number of ether oxygens (including phenoxy) is 1. The van der Waals surface area contributed by atoms with Gasteiger partial charge in [0, 0.05) is 26.7 Å². The van der Waals surface area contributed by atoms with Gasteiger partial charge in [-0.15, -0.1) is 6.58 Å². The van der Waals surface area contributed by atoms with Crippen LogP contribution in [0, 0.1) is 22.7 Å². The second-order valence-corrected chi connectivity index (χ2v) is 16.6. The molecule has 0 aliphatic carbocycles. The number of carbonyl (C=O) groups excluding carboxylic acids is 6. The van der Waals surface area contributed by atoms with E-state index in [1.807, 2.05) is 62.3 Å². The highest BCUT2D eigenvalue weighted by atomic mass is 16.6. The van der Waals surface area contributed by atoms with Crippen LogP contribution in [0.1, 0.15) is 102 Å². The zero-order chi connectivity index (χ0) is 38.1. The van der Waals surface area contributed by atoms with Gasteiger partial charge in [0.05, 0.1) is 12.1 Å². The predicted molar refractivity (Wildman–Crippen MR) is 191 cm³/mol. The van der Waals surface area contributed by atoms with Gasteiger partial charge in [0.25, 0.3) is 5.91 Å². The summed E-state index contributed by atoms with van der Waals surface area (Å²) in [6.07, 6.45) is 2.29. The molecule has 5 atom stereocenters. The number of ketones is 1. The first-order valence-corrected chi connectivity index (χ1v) is 17.4. The van der Waals surface area contributed by atoms with Crippen molar-refractivity contribution < 1.29 is 33.5 Å². The Morgan fingerprint density at radius 2 is 1.53 bits per heavy atom. The first-order chi connectivity index (χ1) is 22.3. The van der Waals surface area contributed by atoms with Crippen LogP contribution in [0.25, 0.3) is 0 Å². The molecule has 2 unspecified atom stereocenters. The van der Waals surface area contributed by atoms with Crippen LogP contribution in [0.3, 0.4) is 0 Å². The fourth-order valence-electron chi connectivity index (χ4n) is 5.69. The van der Waals surface area contributed by atoms with Crippen LogP contribution in [0.15, 0.2) is 12.7 Å². The number of hydrogen-bond acceptors (Lipinski definition) is 7. The summed E-state index contributed by atoms with van der Waals surface area (Å²) in [5, 5.41) is 11.1. The van der Waals surface area contributed by atoms with E-state index in [2.05, 4.69) is 27.8 Å². The predicted octanol–water partition coefficient (Wildman–Crippen LogP) is 4.01. The van der Waals surface area contributed by atoms with Gasteiger partial charge in [-0.05, 0) is 56.3 Å². The second-order valence-electron chi connectivity index (χ2n) is 16.6. The summed E-state index contributed by atoms with van der Waals surface area (Å²) in [7, 11) is 1.60. The van der Waals surface area contributed by atoms with E-state index in [0.717, 1.165) is 0 Å². The Hall–Kier alpha value is -3.64. The van der Waals surface area contributed by atoms with Crippen molar-refractivity contribution in [1.82, 2.24) is 31.1 Å². The molecule has 1 heterocycles. The fraction of sp³-hybridized carbons (Fsp3) is 0.778. The van der Waals surface area contributed by atoms with Crippen LogP contribution in [0.4, 0.5) is 9.59 Å². The van der Waals surface area contributed by atoms with E-state index in [9.17, 15) is 28.8 Å². The summed E-state index contributed by atoms with van der Waals surface area (Å²) in [6, 6.07) is -4.08. The summed E-state index contributed by atoms with van der Waals surface area (Å²) >= 11 is 0. The fourth-order valence-corrected chi connectivity index (χ4v) is 5.69. The minimum atomic E-state index is -1.05. The summed E-state index contributed by atoms with van der Waals surface area (Å²) in [5.41, 5.74) is -1.90. The van der Waals surface area contributed by atoms with E-state index < -0.39 is 76.2 Å². The maximum absolute atomic E-state index is 14.4. The molecule has 0 aromatic rings. The van der Waals surface area contributed by atoms with Gasteiger partial charge in [-0.25, -0.2) is 9.59 Å². The van der Waals surface area contributed by atoms with E-state index in [1.54, 1.807) is 27.8 Å². The Morgan fingerprint density at radius 3 is 2.00 bits per heavy atom. The van der Waals surface area contributed by atoms with Gasteiger partial charge in [0.2, 0.25) is 17.6 Å². The van der Waals surface area contributed by atoms with Gasteiger partial charge in [-0.3, -0.25) is 19.2 Å². The Bertz CT molecular complexity index is 1200. The van der Waals surface area contributed by atoms with E-state index in [4.69, 9.17) is 4.74 Å². The molecule has 1 saturated heterocycles. The highest BCUT2D eigenvalue weighted by Crippen LogP contribution is 2.33. The molecule has 49 heavy (non-hydrogen) atoms. The smallest absolute Gasteiger partial charge is 0.410 e. The molecule has 1 aliphatic rings. The van der Waals surface area contributed by atoms with Crippen molar-refractivity contribution in [2.24, 2.45) is 22.7 Å². The lowest BCUT2D eigenvalue weighted by molar-refractivity contribution is -0.144. The Labute approximate surface area is 294 Å². The summed E-state index contributed by atoms with van der Waals surface area (Å²) in [4.78, 5) is 82.9. The van der Waals surface area contributed by atoms with Gasteiger partial charge in [0.15, 0.2) is 0 Å². The number of hydrogen-bond donors (Lipinski definition) is 4. The molecule has 1 rings (SSSR count). The Kier molecular flexibility index (Phi) is 15.8. The average Bonchev–Trinajstić information content (AvgIpc) is 3.41. The molecule has 0 bridgehead atoms. The number of carbonyl (C=O) groups is 6. The molecule has 0 saturated carbocycles. The van der Waals surface area contributed by atoms with Gasteiger partial charge >= 0.3 is 12.1 Å². The van der Waals surface area contributed by atoms with Crippen molar-refractivity contribution in [2.45, 2.75) is 132 Å².